The molecule has 0 amide bonds. The summed E-state index contributed by atoms with van der Waals surface area (Å²) < 4.78 is 84.3. The molecule has 6 heteroatoms. The first kappa shape index (κ1) is 22.7. The highest BCUT2D eigenvalue weighted by atomic mass is 19.2. The number of fused-ring (bicyclic) bond motifs is 1. The lowest BCUT2D eigenvalue weighted by Crippen LogP contribution is -2.07. The standard InChI is InChI=1S/C25H20F6/c1-2-3-4-5-6-7-18-22(28)24(30)19(25(31)23(18)29)11-9-15-8-10-16-13-20(26)21(27)14-17(16)12-15/h8,10,12-14H,2-7H2,1H3. The molecule has 0 aliphatic carbocycles. The van der Waals surface area contributed by atoms with E-state index in [1.807, 2.05) is 6.92 Å². The van der Waals surface area contributed by atoms with Crippen LogP contribution in [0.15, 0.2) is 30.3 Å². The van der Waals surface area contributed by atoms with Gasteiger partial charge in [-0.05, 0) is 47.9 Å². The van der Waals surface area contributed by atoms with Gasteiger partial charge in [-0.1, -0.05) is 50.5 Å². The van der Waals surface area contributed by atoms with Crippen LogP contribution in [-0.2, 0) is 6.42 Å². The van der Waals surface area contributed by atoms with Gasteiger partial charge in [0.25, 0.3) is 0 Å². The second-order valence-electron chi connectivity index (χ2n) is 7.35. The number of hydrogen-bond donors (Lipinski definition) is 0. The van der Waals surface area contributed by atoms with Crippen LogP contribution in [0.2, 0.25) is 0 Å². The minimum Gasteiger partial charge on any atom is -0.204 e. The molecule has 0 atom stereocenters. The smallest absolute Gasteiger partial charge is 0.177 e. The zero-order chi connectivity index (χ0) is 22.5. The average Bonchev–Trinajstić information content (AvgIpc) is 2.75. The third kappa shape index (κ3) is 5.04. The SMILES string of the molecule is CCCCCCCc1c(F)c(F)c(C#Cc2ccc3cc(F)c(F)cc3c2)c(F)c1F. The summed E-state index contributed by atoms with van der Waals surface area (Å²) >= 11 is 0. The summed E-state index contributed by atoms with van der Waals surface area (Å²) in [6, 6.07) is 6.24. The van der Waals surface area contributed by atoms with E-state index >= 15 is 0 Å². The lowest BCUT2D eigenvalue weighted by atomic mass is 10.0. The molecule has 0 aliphatic rings. The van der Waals surface area contributed by atoms with Gasteiger partial charge in [0, 0.05) is 11.1 Å². The van der Waals surface area contributed by atoms with Gasteiger partial charge in [-0.15, -0.1) is 0 Å². The Bertz CT molecular complexity index is 1140. The minimum absolute atomic E-state index is 0.101. The molecule has 3 rings (SSSR count). The molecule has 0 fully saturated rings. The van der Waals surface area contributed by atoms with Crippen molar-refractivity contribution in [1.29, 1.82) is 0 Å². The van der Waals surface area contributed by atoms with Gasteiger partial charge in [0.05, 0.1) is 0 Å². The van der Waals surface area contributed by atoms with Crippen molar-refractivity contribution in [2.24, 2.45) is 0 Å². The van der Waals surface area contributed by atoms with Crippen LogP contribution >= 0.6 is 0 Å². The summed E-state index contributed by atoms with van der Waals surface area (Å²) in [5.41, 5.74) is -1.39. The maximum Gasteiger partial charge on any atom is 0.177 e. The van der Waals surface area contributed by atoms with Gasteiger partial charge in [0.2, 0.25) is 0 Å². The van der Waals surface area contributed by atoms with Crippen molar-refractivity contribution >= 4 is 10.8 Å². The summed E-state index contributed by atoms with van der Waals surface area (Å²) in [4.78, 5) is 0. The number of hydrogen-bond acceptors (Lipinski definition) is 0. The fourth-order valence-corrected chi connectivity index (χ4v) is 3.37. The summed E-state index contributed by atoms with van der Waals surface area (Å²) in [5, 5.41) is 0.726. The van der Waals surface area contributed by atoms with Gasteiger partial charge in [-0.25, -0.2) is 26.3 Å². The van der Waals surface area contributed by atoms with Crippen molar-refractivity contribution in [2.45, 2.75) is 45.4 Å². The molecule has 3 aromatic rings. The highest BCUT2D eigenvalue weighted by molar-refractivity contribution is 5.84. The van der Waals surface area contributed by atoms with Crippen molar-refractivity contribution in [3.05, 3.63) is 81.9 Å². The molecule has 0 saturated carbocycles. The van der Waals surface area contributed by atoms with Crippen LogP contribution in [0.3, 0.4) is 0 Å². The van der Waals surface area contributed by atoms with Crippen LogP contribution in [-0.4, -0.2) is 0 Å². The van der Waals surface area contributed by atoms with E-state index in [4.69, 9.17) is 0 Å². The first-order valence-corrected chi connectivity index (χ1v) is 10.1. The van der Waals surface area contributed by atoms with Gasteiger partial charge in [0.1, 0.15) is 5.56 Å². The molecule has 0 unspecified atom stereocenters. The lowest BCUT2D eigenvalue weighted by Gasteiger charge is -2.09. The molecule has 0 saturated heterocycles. The molecule has 0 spiro atoms. The van der Waals surface area contributed by atoms with E-state index in [1.54, 1.807) is 0 Å². The first-order chi connectivity index (χ1) is 14.8. The second kappa shape index (κ2) is 9.91. The molecule has 162 valence electrons. The Morgan fingerprint density at radius 1 is 0.645 bits per heavy atom. The van der Waals surface area contributed by atoms with Crippen molar-refractivity contribution < 1.29 is 26.3 Å². The first-order valence-electron chi connectivity index (χ1n) is 10.1. The third-order valence-electron chi connectivity index (χ3n) is 5.10. The zero-order valence-electron chi connectivity index (χ0n) is 16.9. The van der Waals surface area contributed by atoms with Crippen LogP contribution in [0.5, 0.6) is 0 Å². The molecule has 3 aromatic carbocycles. The van der Waals surface area contributed by atoms with E-state index in [0.717, 1.165) is 31.4 Å². The van der Waals surface area contributed by atoms with E-state index in [2.05, 4.69) is 11.8 Å². The van der Waals surface area contributed by atoms with Gasteiger partial charge in [-0.2, -0.15) is 0 Å². The maximum atomic E-state index is 14.4. The monoisotopic (exact) mass is 434 g/mol. The number of benzene rings is 3. The molecule has 0 heterocycles. The fourth-order valence-electron chi connectivity index (χ4n) is 3.37. The molecule has 0 bridgehead atoms. The Hall–Kier alpha value is -2.94. The maximum absolute atomic E-state index is 14.4. The fraction of sp³-hybridized carbons (Fsp3) is 0.280. The Labute approximate surface area is 176 Å². The summed E-state index contributed by atoms with van der Waals surface area (Å²) in [5.74, 6) is -3.44. The summed E-state index contributed by atoms with van der Waals surface area (Å²) in [7, 11) is 0. The zero-order valence-corrected chi connectivity index (χ0v) is 16.9. The third-order valence-corrected chi connectivity index (χ3v) is 5.10. The van der Waals surface area contributed by atoms with Crippen molar-refractivity contribution in [3.8, 4) is 11.8 Å². The van der Waals surface area contributed by atoms with Crippen LogP contribution < -0.4 is 0 Å². The number of halogens is 6. The molecule has 0 aliphatic heterocycles. The van der Waals surface area contributed by atoms with Crippen molar-refractivity contribution in [3.63, 3.8) is 0 Å². The molecular formula is C25H20F6. The molecule has 0 N–H and O–H groups in total. The number of rotatable bonds is 6. The largest absolute Gasteiger partial charge is 0.204 e. The Morgan fingerprint density at radius 2 is 1.26 bits per heavy atom. The summed E-state index contributed by atoms with van der Waals surface area (Å²) in [6.07, 6.45) is 3.91. The van der Waals surface area contributed by atoms with Gasteiger partial charge < -0.3 is 0 Å². The topological polar surface area (TPSA) is 0 Å². The predicted molar refractivity (Wildman–Crippen MR) is 109 cm³/mol. The quantitative estimate of drug-likeness (QED) is 0.162. The van der Waals surface area contributed by atoms with Gasteiger partial charge in [-0.3, -0.25) is 0 Å². The van der Waals surface area contributed by atoms with Crippen LogP contribution in [0.25, 0.3) is 10.8 Å². The van der Waals surface area contributed by atoms with Gasteiger partial charge >= 0.3 is 0 Å². The Balaban J connectivity index is 1.90. The highest BCUT2D eigenvalue weighted by Crippen LogP contribution is 2.26. The van der Waals surface area contributed by atoms with Gasteiger partial charge in [0.15, 0.2) is 34.9 Å². The van der Waals surface area contributed by atoms with E-state index < -0.39 is 46.0 Å². The predicted octanol–water partition coefficient (Wildman–Crippen LogP) is 7.59. The Morgan fingerprint density at radius 3 is 1.90 bits per heavy atom. The van der Waals surface area contributed by atoms with Crippen LogP contribution in [0, 0.1) is 46.7 Å². The van der Waals surface area contributed by atoms with E-state index in [-0.39, 0.29) is 12.0 Å². The molecule has 31 heavy (non-hydrogen) atoms. The van der Waals surface area contributed by atoms with E-state index in [9.17, 15) is 26.3 Å². The Kier molecular flexibility index (Phi) is 7.27. The minimum atomic E-state index is -1.54. The molecule has 0 nitrogen and oxygen atoms in total. The van der Waals surface area contributed by atoms with E-state index in [1.165, 1.54) is 18.2 Å². The van der Waals surface area contributed by atoms with E-state index in [0.29, 0.717) is 23.6 Å². The second-order valence-corrected chi connectivity index (χ2v) is 7.35. The van der Waals surface area contributed by atoms with Crippen LogP contribution in [0.4, 0.5) is 26.3 Å². The number of unbranched alkanes of at least 4 members (excludes halogenated alkanes) is 4. The molecule has 0 aromatic heterocycles. The van der Waals surface area contributed by atoms with Crippen molar-refractivity contribution in [1.82, 2.24) is 0 Å². The molecule has 0 radical (unpaired) electrons. The highest BCUT2D eigenvalue weighted by Gasteiger charge is 2.24. The van der Waals surface area contributed by atoms with Crippen molar-refractivity contribution in [2.75, 3.05) is 0 Å². The normalized spacial score (nSPS) is 10.9. The lowest BCUT2D eigenvalue weighted by molar-refractivity contribution is 0.432. The average molecular weight is 434 g/mol. The van der Waals surface area contributed by atoms with Crippen LogP contribution in [0.1, 0.15) is 55.7 Å². The summed E-state index contributed by atoms with van der Waals surface area (Å²) in [6.45, 7) is 2.03. The molecular weight excluding hydrogens is 414 g/mol.